The molecule has 0 rings (SSSR count). The third-order valence-corrected chi connectivity index (χ3v) is 3.22. The average Bonchev–Trinajstić information content (AvgIpc) is 2.23. The molecule has 0 heterocycles. The zero-order valence-electron chi connectivity index (χ0n) is 9.52. The summed E-state index contributed by atoms with van der Waals surface area (Å²) in [7, 11) is -6.83. The molecule has 0 spiro atoms. The van der Waals surface area contributed by atoms with Crippen molar-refractivity contribution in [1.82, 2.24) is 0 Å². The highest BCUT2D eigenvalue weighted by Gasteiger charge is 2.79. The fraction of sp³-hybridized carbons (Fsp3) is 1.00. The fourth-order valence-electron chi connectivity index (χ4n) is 1.12. The van der Waals surface area contributed by atoms with Crippen molar-refractivity contribution in [2.45, 2.75) is 49.5 Å². The standard InChI is InChI=1S/C8H11F7O3S/c1-2-3-4-5(9)6(10,11)7(12,13)8(14,15)19(16,17)18/h5H,2-4H2,1H3,(H,16,17,18). The maximum Gasteiger partial charge on any atom is 0.438 e. The normalized spacial score (nSPS) is 16.5. The quantitative estimate of drug-likeness (QED) is 0.578. The number of hydrogen-bond donors (Lipinski definition) is 1. The van der Waals surface area contributed by atoms with E-state index in [9.17, 15) is 39.2 Å². The molecule has 1 unspecified atom stereocenters. The Kier molecular flexibility index (Phi) is 5.26. The molecule has 0 aromatic heterocycles. The van der Waals surface area contributed by atoms with Crippen molar-refractivity contribution in [2.24, 2.45) is 0 Å². The van der Waals surface area contributed by atoms with Crippen molar-refractivity contribution >= 4 is 10.1 Å². The number of alkyl halides is 7. The summed E-state index contributed by atoms with van der Waals surface area (Å²) in [4.78, 5) is 0. The molecule has 0 bridgehead atoms. The van der Waals surface area contributed by atoms with Gasteiger partial charge in [0.1, 0.15) is 0 Å². The first-order valence-electron chi connectivity index (χ1n) is 4.98. The van der Waals surface area contributed by atoms with E-state index in [0.717, 1.165) is 0 Å². The van der Waals surface area contributed by atoms with Crippen LogP contribution < -0.4 is 0 Å². The summed E-state index contributed by atoms with van der Waals surface area (Å²) in [5.41, 5.74) is 0. The van der Waals surface area contributed by atoms with Gasteiger partial charge in [-0.2, -0.15) is 34.8 Å². The number of halogens is 7. The Hall–Kier alpha value is -0.580. The smallest absolute Gasteiger partial charge is 0.281 e. The van der Waals surface area contributed by atoms with E-state index in [-0.39, 0.29) is 12.8 Å². The molecule has 0 aliphatic carbocycles. The average molecular weight is 320 g/mol. The summed E-state index contributed by atoms with van der Waals surface area (Å²) in [6.07, 6.45) is -4.98. The molecule has 0 fully saturated rings. The lowest BCUT2D eigenvalue weighted by Crippen LogP contribution is -2.61. The molecule has 0 radical (unpaired) electrons. The van der Waals surface area contributed by atoms with Gasteiger partial charge in [-0.25, -0.2) is 4.39 Å². The van der Waals surface area contributed by atoms with Crippen LogP contribution in [-0.4, -0.2) is 36.2 Å². The van der Waals surface area contributed by atoms with Crippen molar-refractivity contribution in [2.75, 3.05) is 0 Å². The van der Waals surface area contributed by atoms with Gasteiger partial charge in [0.05, 0.1) is 0 Å². The Morgan fingerprint density at radius 1 is 1.11 bits per heavy atom. The summed E-state index contributed by atoms with van der Waals surface area (Å²) in [6.45, 7) is 1.41. The second-order valence-electron chi connectivity index (χ2n) is 3.80. The van der Waals surface area contributed by atoms with E-state index in [0.29, 0.717) is 0 Å². The van der Waals surface area contributed by atoms with Gasteiger partial charge in [0.2, 0.25) is 0 Å². The van der Waals surface area contributed by atoms with E-state index in [4.69, 9.17) is 4.55 Å². The third kappa shape index (κ3) is 3.12. The van der Waals surface area contributed by atoms with Gasteiger partial charge in [0.15, 0.2) is 6.17 Å². The second-order valence-corrected chi connectivity index (χ2v) is 5.26. The largest absolute Gasteiger partial charge is 0.438 e. The maximum absolute atomic E-state index is 13.0. The van der Waals surface area contributed by atoms with E-state index in [1.165, 1.54) is 6.92 Å². The minimum absolute atomic E-state index is 0.136. The summed E-state index contributed by atoms with van der Waals surface area (Å²) in [5, 5.41) is -6.50. The van der Waals surface area contributed by atoms with Crippen molar-refractivity contribution in [3.63, 3.8) is 0 Å². The molecule has 0 aromatic carbocycles. The molecule has 0 saturated heterocycles. The molecule has 0 amide bonds. The van der Waals surface area contributed by atoms with Gasteiger partial charge in [-0.15, -0.1) is 0 Å². The highest BCUT2D eigenvalue weighted by Crippen LogP contribution is 2.50. The van der Waals surface area contributed by atoms with Crippen LogP contribution in [0.25, 0.3) is 0 Å². The molecule has 11 heteroatoms. The molecule has 116 valence electrons. The first kappa shape index (κ1) is 18.4. The molecule has 0 aliphatic rings. The molecular weight excluding hydrogens is 309 g/mol. The Morgan fingerprint density at radius 3 is 1.84 bits per heavy atom. The number of unbranched alkanes of at least 4 members (excludes halogenated alkanes) is 1. The van der Waals surface area contributed by atoms with Gasteiger partial charge in [-0.1, -0.05) is 19.8 Å². The van der Waals surface area contributed by atoms with Crippen molar-refractivity contribution in [3.05, 3.63) is 0 Å². The van der Waals surface area contributed by atoms with E-state index in [2.05, 4.69) is 0 Å². The maximum atomic E-state index is 13.0. The van der Waals surface area contributed by atoms with Crippen LogP contribution in [0.4, 0.5) is 30.7 Å². The van der Waals surface area contributed by atoms with Gasteiger partial charge >= 0.3 is 27.2 Å². The summed E-state index contributed by atoms with van der Waals surface area (Å²) >= 11 is 0. The van der Waals surface area contributed by atoms with Crippen LogP contribution in [0.5, 0.6) is 0 Å². The summed E-state index contributed by atoms with van der Waals surface area (Å²) < 4.78 is 118. The van der Waals surface area contributed by atoms with Crippen LogP contribution in [0.2, 0.25) is 0 Å². The Balaban J connectivity index is 5.51. The monoisotopic (exact) mass is 320 g/mol. The second kappa shape index (κ2) is 5.43. The lowest BCUT2D eigenvalue weighted by molar-refractivity contribution is -0.300. The first-order chi connectivity index (χ1) is 8.23. The predicted octanol–water partition coefficient (Wildman–Crippen LogP) is 3.27. The zero-order valence-corrected chi connectivity index (χ0v) is 10.3. The Morgan fingerprint density at radius 2 is 1.53 bits per heavy atom. The van der Waals surface area contributed by atoms with Crippen LogP contribution in [-0.2, 0) is 10.1 Å². The molecule has 1 atom stereocenters. The highest BCUT2D eigenvalue weighted by atomic mass is 32.2. The lowest BCUT2D eigenvalue weighted by atomic mass is 10.0. The third-order valence-electron chi connectivity index (χ3n) is 2.31. The van der Waals surface area contributed by atoms with Gasteiger partial charge in [0, 0.05) is 0 Å². The number of hydrogen-bond acceptors (Lipinski definition) is 2. The van der Waals surface area contributed by atoms with E-state index in [1.807, 2.05) is 0 Å². The zero-order chi connectivity index (χ0) is 15.7. The minimum Gasteiger partial charge on any atom is -0.281 e. The molecular formula is C8H11F7O3S. The summed E-state index contributed by atoms with van der Waals surface area (Å²) in [6, 6.07) is 0. The molecule has 1 N–H and O–H groups in total. The van der Waals surface area contributed by atoms with Crippen molar-refractivity contribution in [1.29, 1.82) is 0 Å². The SMILES string of the molecule is CCCCC(F)C(F)(F)C(F)(F)C(F)(F)S(=O)(=O)O. The van der Waals surface area contributed by atoms with Crippen LogP contribution >= 0.6 is 0 Å². The van der Waals surface area contributed by atoms with Gasteiger partial charge < -0.3 is 0 Å². The molecule has 19 heavy (non-hydrogen) atoms. The van der Waals surface area contributed by atoms with Crippen LogP contribution in [0.1, 0.15) is 26.2 Å². The number of rotatable bonds is 7. The molecule has 3 nitrogen and oxygen atoms in total. The van der Waals surface area contributed by atoms with E-state index >= 15 is 0 Å². The highest BCUT2D eigenvalue weighted by molar-refractivity contribution is 7.87. The van der Waals surface area contributed by atoms with Gasteiger partial charge in [-0.3, -0.25) is 4.55 Å². The molecule has 0 aliphatic heterocycles. The molecule has 0 aromatic rings. The van der Waals surface area contributed by atoms with E-state index in [1.54, 1.807) is 0 Å². The van der Waals surface area contributed by atoms with Crippen LogP contribution in [0, 0.1) is 0 Å². The minimum atomic E-state index is -6.83. The van der Waals surface area contributed by atoms with Gasteiger partial charge in [-0.05, 0) is 6.42 Å². The topological polar surface area (TPSA) is 54.4 Å². The van der Waals surface area contributed by atoms with Crippen molar-refractivity contribution in [3.8, 4) is 0 Å². The Labute approximate surface area is 104 Å². The van der Waals surface area contributed by atoms with E-state index < -0.39 is 39.8 Å². The lowest BCUT2D eigenvalue weighted by Gasteiger charge is -2.32. The van der Waals surface area contributed by atoms with Crippen LogP contribution in [0.15, 0.2) is 0 Å². The predicted molar refractivity (Wildman–Crippen MR) is 50.8 cm³/mol. The molecule has 0 saturated carbocycles. The summed E-state index contributed by atoms with van der Waals surface area (Å²) in [5.74, 6) is -12.5. The Bertz CT molecular complexity index is 407. The fourth-order valence-corrected chi connectivity index (χ4v) is 1.58. The van der Waals surface area contributed by atoms with Crippen LogP contribution in [0.3, 0.4) is 0 Å². The first-order valence-corrected chi connectivity index (χ1v) is 6.42. The van der Waals surface area contributed by atoms with Gasteiger partial charge in [0.25, 0.3) is 0 Å². The van der Waals surface area contributed by atoms with Crippen molar-refractivity contribution < 1.29 is 43.7 Å².